The van der Waals surface area contributed by atoms with Crippen molar-refractivity contribution in [3.63, 3.8) is 0 Å². The third-order valence-electron chi connectivity index (χ3n) is 3.87. The summed E-state index contributed by atoms with van der Waals surface area (Å²) in [7, 11) is 0. The van der Waals surface area contributed by atoms with Crippen LogP contribution < -0.4 is 5.43 Å². The third kappa shape index (κ3) is 3.33. The number of aromatic nitrogens is 1. The molecular weight excluding hydrogens is 286 g/mol. The van der Waals surface area contributed by atoms with E-state index in [0.29, 0.717) is 31.6 Å². The fourth-order valence-corrected chi connectivity index (χ4v) is 2.64. The molecule has 0 unspecified atom stereocenters. The molecule has 1 aromatic heterocycles. The van der Waals surface area contributed by atoms with E-state index in [1.807, 2.05) is 13.0 Å². The van der Waals surface area contributed by atoms with Crippen LogP contribution in [0.2, 0.25) is 0 Å². The average Bonchev–Trinajstić information content (AvgIpc) is 2.93. The molecule has 0 aromatic carbocycles. The predicted octanol–water partition coefficient (Wildman–Crippen LogP) is -0.107. The number of nitrogens with zero attached hydrogens (tertiary/aromatic N) is 4. The highest BCUT2D eigenvalue weighted by Crippen LogP contribution is 2.11. The van der Waals surface area contributed by atoms with Crippen molar-refractivity contribution in [1.82, 2.24) is 20.4 Å². The van der Waals surface area contributed by atoms with Crippen molar-refractivity contribution in [2.75, 3.05) is 26.2 Å². The molecule has 118 valence electrons. The number of hydrogen-bond acceptors (Lipinski definition) is 6. The van der Waals surface area contributed by atoms with E-state index in [1.165, 1.54) is 0 Å². The van der Waals surface area contributed by atoms with Gasteiger partial charge in [-0.05, 0) is 6.92 Å². The number of hydrazone groups is 1. The number of rotatable bonds is 3. The summed E-state index contributed by atoms with van der Waals surface area (Å²) in [5, 5.41) is 7.85. The van der Waals surface area contributed by atoms with Crippen molar-refractivity contribution in [2.24, 2.45) is 5.10 Å². The van der Waals surface area contributed by atoms with Gasteiger partial charge in [-0.1, -0.05) is 5.16 Å². The second kappa shape index (κ2) is 6.27. The molecule has 8 nitrogen and oxygen atoms in total. The quantitative estimate of drug-likeness (QED) is 0.841. The van der Waals surface area contributed by atoms with Gasteiger partial charge in [-0.3, -0.25) is 14.5 Å². The summed E-state index contributed by atoms with van der Waals surface area (Å²) in [5.41, 5.74) is 3.73. The van der Waals surface area contributed by atoms with Gasteiger partial charge in [0.1, 0.15) is 11.5 Å². The summed E-state index contributed by atoms with van der Waals surface area (Å²) in [6, 6.07) is 1.93. The smallest absolute Gasteiger partial charge is 0.270 e. The van der Waals surface area contributed by atoms with Crippen LogP contribution in [-0.2, 0) is 16.1 Å². The molecule has 2 aliphatic rings. The van der Waals surface area contributed by atoms with Gasteiger partial charge in [0.2, 0.25) is 5.91 Å². The predicted molar refractivity (Wildman–Crippen MR) is 77.9 cm³/mol. The normalized spacial score (nSPS) is 19.8. The van der Waals surface area contributed by atoms with Gasteiger partial charge in [0.05, 0.1) is 5.69 Å². The summed E-state index contributed by atoms with van der Waals surface area (Å²) in [5.74, 6) is 0.599. The Morgan fingerprint density at radius 3 is 2.68 bits per heavy atom. The van der Waals surface area contributed by atoms with E-state index in [4.69, 9.17) is 4.52 Å². The molecule has 3 heterocycles. The second-order valence-corrected chi connectivity index (χ2v) is 5.59. The van der Waals surface area contributed by atoms with Gasteiger partial charge >= 0.3 is 0 Å². The van der Waals surface area contributed by atoms with Crippen LogP contribution in [0.4, 0.5) is 0 Å². The van der Waals surface area contributed by atoms with Crippen LogP contribution in [0.1, 0.15) is 24.3 Å². The summed E-state index contributed by atoms with van der Waals surface area (Å²) in [4.78, 5) is 27.4. The van der Waals surface area contributed by atoms with Crippen LogP contribution >= 0.6 is 0 Å². The second-order valence-electron chi connectivity index (χ2n) is 5.59. The van der Waals surface area contributed by atoms with Crippen LogP contribution in [0.25, 0.3) is 0 Å². The fourth-order valence-electron chi connectivity index (χ4n) is 2.64. The minimum Gasteiger partial charge on any atom is -0.361 e. The van der Waals surface area contributed by atoms with Crippen LogP contribution in [0.3, 0.4) is 0 Å². The van der Waals surface area contributed by atoms with Crippen LogP contribution in [-0.4, -0.2) is 58.7 Å². The highest BCUT2D eigenvalue weighted by molar-refractivity contribution is 6.39. The lowest BCUT2D eigenvalue weighted by Crippen LogP contribution is -2.51. The highest BCUT2D eigenvalue weighted by atomic mass is 16.5. The first-order valence-corrected chi connectivity index (χ1v) is 7.41. The van der Waals surface area contributed by atoms with Crippen LogP contribution in [0, 0.1) is 6.92 Å². The van der Waals surface area contributed by atoms with E-state index >= 15 is 0 Å². The first-order chi connectivity index (χ1) is 10.6. The zero-order valence-electron chi connectivity index (χ0n) is 12.5. The monoisotopic (exact) mass is 305 g/mol. The van der Waals surface area contributed by atoms with E-state index in [0.717, 1.165) is 31.1 Å². The molecule has 0 spiro atoms. The van der Waals surface area contributed by atoms with Gasteiger partial charge in [-0.2, -0.15) is 5.10 Å². The van der Waals surface area contributed by atoms with Crippen molar-refractivity contribution < 1.29 is 14.1 Å². The molecule has 0 aliphatic carbocycles. The molecular formula is C14H19N5O3. The number of nitrogens with one attached hydrogen (secondary N) is 1. The lowest BCUT2D eigenvalue weighted by Gasteiger charge is -2.34. The lowest BCUT2D eigenvalue weighted by atomic mass is 10.1. The number of piperazine rings is 1. The van der Waals surface area contributed by atoms with E-state index in [2.05, 4.69) is 20.6 Å². The molecule has 22 heavy (non-hydrogen) atoms. The molecule has 3 rings (SSSR count). The molecule has 0 bridgehead atoms. The molecule has 0 radical (unpaired) electrons. The molecule has 8 heteroatoms. The summed E-state index contributed by atoms with van der Waals surface area (Å²) >= 11 is 0. The van der Waals surface area contributed by atoms with E-state index in [1.54, 1.807) is 4.90 Å². The molecule has 2 aliphatic heterocycles. The summed E-state index contributed by atoms with van der Waals surface area (Å²) < 4.78 is 5.06. The minimum absolute atomic E-state index is 0.0723. The first kappa shape index (κ1) is 14.7. The first-order valence-electron chi connectivity index (χ1n) is 7.41. The minimum atomic E-state index is -0.135. The van der Waals surface area contributed by atoms with Gasteiger partial charge in [-0.25, -0.2) is 5.43 Å². The van der Waals surface area contributed by atoms with Crippen molar-refractivity contribution >= 4 is 17.5 Å². The van der Waals surface area contributed by atoms with Crippen molar-refractivity contribution in [3.05, 3.63) is 17.5 Å². The average molecular weight is 305 g/mol. The number of amides is 2. The number of hydrogen-bond donors (Lipinski definition) is 1. The summed E-state index contributed by atoms with van der Waals surface area (Å²) in [6.45, 7) is 5.49. The number of carbonyl (C=O) groups is 2. The van der Waals surface area contributed by atoms with Gasteiger partial charge < -0.3 is 9.42 Å². The van der Waals surface area contributed by atoms with Gasteiger partial charge in [0.15, 0.2) is 0 Å². The van der Waals surface area contributed by atoms with Gasteiger partial charge in [-0.15, -0.1) is 0 Å². The van der Waals surface area contributed by atoms with Gasteiger partial charge in [0.25, 0.3) is 5.91 Å². The Hall–Kier alpha value is -2.22. The molecule has 2 amide bonds. The third-order valence-corrected chi connectivity index (χ3v) is 3.87. The number of aryl methyl sites for hydroxylation is 1. The zero-order chi connectivity index (χ0) is 15.5. The Morgan fingerprint density at radius 2 is 2.09 bits per heavy atom. The van der Waals surface area contributed by atoms with Crippen LogP contribution in [0.15, 0.2) is 15.7 Å². The molecule has 0 atom stereocenters. The van der Waals surface area contributed by atoms with Crippen molar-refractivity contribution in [2.45, 2.75) is 26.3 Å². The SMILES string of the molecule is Cc1cc(CN2CCN(C(=O)C3=NNC(=O)CC3)CC2)no1. The van der Waals surface area contributed by atoms with Crippen molar-refractivity contribution in [1.29, 1.82) is 0 Å². The Bertz CT molecular complexity index is 601. The van der Waals surface area contributed by atoms with Crippen LogP contribution in [0.5, 0.6) is 0 Å². The Balaban J connectivity index is 1.51. The van der Waals surface area contributed by atoms with E-state index in [-0.39, 0.29) is 11.8 Å². The molecule has 1 aromatic rings. The maximum absolute atomic E-state index is 12.3. The number of carbonyl (C=O) groups excluding carboxylic acids is 2. The van der Waals surface area contributed by atoms with E-state index in [9.17, 15) is 9.59 Å². The largest absolute Gasteiger partial charge is 0.361 e. The summed E-state index contributed by atoms with van der Waals surface area (Å²) in [6.07, 6.45) is 0.749. The molecule has 1 saturated heterocycles. The maximum Gasteiger partial charge on any atom is 0.270 e. The van der Waals surface area contributed by atoms with E-state index < -0.39 is 0 Å². The van der Waals surface area contributed by atoms with Gasteiger partial charge in [0, 0.05) is 51.6 Å². The molecule has 1 N–H and O–H groups in total. The Kier molecular flexibility index (Phi) is 4.19. The topological polar surface area (TPSA) is 91.0 Å². The fraction of sp³-hybridized carbons (Fsp3) is 0.571. The Labute approximate surface area is 128 Å². The zero-order valence-corrected chi connectivity index (χ0v) is 12.5. The standard InChI is InChI=1S/C14H19N5O3/c1-10-8-11(17-22-10)9-18-4-6-19(7-5-18)14(21)12-2-3-13(20)16-15-12/h8H,2-7,9H2,1H3,(H,16,20). The highest BCUT2D eigenvalue weighted by Gasteiger charge is 2.26. The maximum atomic E-state index is 12.3. The molecule has 1 fully saturated rings. The lowest BCUT2D eigenvalue weighted by molar-refractivity contribution is -0.126. The Morgan fingerprint density at radius 1 is 1.32 bits per heavy atom. The molecule has 0 saturated carbocycles. The van der Waals surface area contributed by atoms with Crippen molar-refractivity contribution in [3.8, 4) is 0 Å².